The van der Waals surface area contributed by atoms with Gasteiger partial charge in [0.25, 0.3) is 11.8 Å². The molecule has 0 radical (unpaired) electrons. The monoisotopic (exact) mass is 523 g/mol. The van der Waals surface area contributed by atoms with Crippen LogP contribution >= 0.6 is 15.9 Å². The molecule has 3 aromatic rings. The summed E-state index contributed by atoms with van der Waals surface area (Å²) in [4.78, 5) is 52.9. The van der Waals surface area contributed by atoms with Gasteiger partial charge in [-0.1, -0.05) is 52.3 Å². The minimum absolute atomic E-state index is 0.117. The Labute approximate surface area is 203 Å². The molecule has 0 spiro atoms. The highest BCUT2D eigenvalue weighted by molar-refractivity contribution is 9.10. The van der Waals surface area contributed by atoms with Gasteiger partial charge in [-0.15, -0.1) is 0 Å². The molecule has 0 saturated carbocycles. The minimum atomic E-state index is -1.68. The van der Waals surface area contributed by atoms with Gasteiger partial charge in [0.05, 0.1) is 23.9 Å². The van der Waals surface area contributed by atoms with Crippen LogP contribution in [0.25, 0.3) is 0 Å². The summed E-state index contributed by atoms with van der Waals surface area (Å²) in [7, 11) is 1.39. The summed E-state index contributed by atoms with van der Waals surface area (Å²) in [5.74, 6) is -3.17. The first-order valence-corrected chi connectivity index (χ1v) is 10.9. The molecular weight excluding hydrogens is 506 g/mol. The maximum atomic E-state index is 13.4. The summed E-state index contributed by atoms with van der Waals surface area (Å²) >= 11 is 3.31. The number of rotatable bonds is 6. The molecule has 0 unspecified atom stereocenters. The van der Waals surface area contributed by atoms with Gasteiger partial charge >= 0.3 is 11.9 Å². The van der Waals surface area contributed by atoms with Crippen LogP contribution in [0.5, 0.6) is 5.75 Å². The molecule has 0 N–H and O–H groups in total. The van der Waals surface area contributed by atoms with E-state index in [2.05, 4.69) is 15.9 Å². The molecule has 0 aliphatic carbocycles. The number of anilines is 1. The van der Waals surface area contributed by atoms with E-state index >= 15 is 0 Å². The number of nitrogens with zero attached hydrogens (tertiary/aromatic N) is 1. The van der Waals surface area contributed by atoms with Crippen molar-refractivity contribution < 1.29 is 33.4 Å². The number of carbonyl (C=O) groups is 4. The number of benzene rings is 3. The van der Waals surface area contributed by atoms with Crippen molar-refractivity contribution in [1.82, 2.24) is 0 Å². The van der Waals surface area contributed by atoms with Gasteiger partial charge in [-0.3, -0.25) is 9.59 Å². The molecule has 172 valence electrons. The SMILES string of the molecule is COc1ccc(Br)cc1N1C(=O)[C@@H](OC(=O)c2ccccc2)[C@@H](OC(=O)c2ccccc2)C1=O. The molecule has 2 amide bonds. The second kappa shape index (κ2) is 9.88. The zero-order chi connectivity index (χ0) is 24.2. The molecule has 1 saturated heterocycles. The predicted molar refractivity (Wildman–Crippen MR) is 124 cm³/mol. The first-order chi connectivity index (χ1) is 16.4. The van der Waals surface area contributed by atoms with E-state index in [9.17, 15) is 19.2 Å². The fourth-order valence-corrected chi connectivity index (χ4v) is 3.79. The van der Waals surface area contributed by atoms with Crippen molar-refractivity contribution in [2.75, 3.05) is 12.0 Å². The lowest BCUT2D eigenvalue weighted by atomic mass is 10.2. The standard InChI is InChI=1S/C25H18BrNO7/c1-32-19-13-12-17(26)14-18(19)27-22(28)20(33-24(30)15-8-4-2-5-9-15)21(23(27)29)34-25(31)16-10-6-3-7-11-16/h2-14,20-21H,1H3/t20-,21+. The number of hydrogen-bond acceptors (Lipinski definition) is 7. The molecule has 0 aromatic heterocycles. The molecule has 1 aliphatic heterocycles. The molecule has 1 heterocycles. The zero-order valence-corrected chi connectivity index (χ0v) is 19.4. The molecule has 34 heavy (non-hydrogen) atoms. The van der Waals surface area contributed by atoms with Crippen molar-refractivity contribution in [2.24, 2.45) is 0 Å². The highest BCUT2D eigenvalue weighted by Crippen LogP contribution is 2.36. The van der Waals surface area contributed by atoms with Gasteiger partial charge in [-0.25, -0.2) is 14.5 Å². The van der Waals surface area contributed by atoms with Crippen LogP contribution in [0.15, 0.2) is 83.3 Å². The van der Waals surface area contributed by atoms with Gasteiger partial charge in [0, 0.05) is 4.47 Å². The average molecular weight is 524 g/mol. The third-order valence-electron chi connectivity index (χ3n) is 5.07. The summed E-state index contributed by atoms with van der Waals surface area (Å²) in [6.07, 6.45) is -3.37. The molecule has 0 bridgehead atoms. The van der Waals surface area contributed by atoms with Crippen molar-refractivity contribution in [3.05, 3.63) is 94.5 Å². The van der Waals surface area contributed by atoms with Crippen LogP contribution in [0.4, 0.5) is 5.69 Å². The van der Waals surface area contributed by atoms with E-state index in [-0.39, 0.29) is 22.6 Å². The summed E-state index contributed by atoms with van der Waals surface area (Å²) in [5, 5.41) is 0. The Bertz CT molecular complexity index is 1180. The van der Waals surface area contributed by atoms with Gasteiger partial charge < -0.3 is 14.2 Å². The van der Waals surface area contributed by atoms with E-state index < -0.39 is 36.0 Å². The highest BCUT2D eigenvalue weighted by Gasteiger charge is 2.54. The van der Waals surface area contributed by atoms with Gasteiger partial charge in [0.2, 0.25) is 12.2 Å². The number of imide groups is 1. The van der Waals surface area contributed by atoms with Crippen LogP contribution in [-0.2, 0) is 19.1 Å². The summed E-state index contributed by atoms with van der Waals surface area (Å²) in [6, 6.07) is 20.7. The van der Waals surface area contributed by atoms with Crippen molar-refractivity contribution in [3.63, 3.8) is 0 Å². The topological polar surface area (TPSA) is 99.2 Å². The van der Waals surface area contributed by atoms with Crippen LogP contribution in [0, 0.1) is 0 Å². The number of hydrogen-bond donors (Lipinski definition) is 0. The van der Waals surface area contributed by atoms with Crippen molar-refractivity contribution in [3.8, 4) is 5.75 Å². The predicted octanol–water partition coefficient (Wildman–Crippen LogP) is 3.78. The first kappa shape index (κ1) is 23.2. The summed E-state index contributed by atoms with van der Waals surface area (Å²) in [6.45, 7) is 0. The molecule has 9 heteroatoms. The fraction of sp³-hybridized carbons (Fsp3) is 0.120. The largest absolute Gasteiger partial charge is 0.495 e. The Hall–Kier alpha value is -3.98. The van der Waals surface area contributed by atoms with Gasteiger partial charge in [-0.05, 0) is 42.5 Å². The highest BCUT2D eigenvalue weighted by atomic mass is 79.9. The third kappa shape index (κ3) is 4.55. The van der Waals surface area contributed by atoms with Gasteiger partial charge in [-0.2, -0.15) is 0 Å². The molecule has 2 atom stereocenters. The summed E-state index contributed by atoms with van der Waals surface area (Å²) < 4.78 is 16.7. The van der Waals surface area contributed by atoms with Crippen LogP contribution < -0.4 is 9.64 Å². The van der Waals surface area contributed by atoms with E-state index in [1.807, 2.05) is 0 Å². The Balaban J connectivity index is 1.70. The van der Waals surface area contributed by atoms with Crippen LogP contribution in [0.2, 0.25) is 0 Å². The zero-order valence-electron chi connectivity index (χ0n) is 17.8. The lowest BCUT2D eigenvalue weighted by Gasteiger charge is -2.17. The Kier molecular flexibility index (Phi) is 6.74. The molecule has 3 aromatic carbocycles. The Morgan fingerprint density at radius 2 is 1.24 bits per heavy atom. The maximum absolute atomic E-state index is 13.4. The number of halogens is 1. The second-order valence-corrected chi connectivity index (χ2v) is 8.13. The van der Waals surface area contributed by atoms with Crippen molar-refractivity contribution in [2.45, 2.75) is 12.2 Å². The van der Waals surface area contributed by atoms with E-state index in [0.29, 0.717) is 4.47 Å². The van der Waals surface area contributed by atoms with E-state index in [4.69, 9.17) is 14.2 Å². The van der Waals surface area contributed by atoms with E-state index in [1.165, 1.54) is 37.4 Å². The number of carbonyl (C=O) groups excluding carboxylic acids is 4. The smallest absolute Gasteiger partial charge is 0.339 e. The second-order valence-electron chi connectivity index (χ2n) is 7.21. The number of ether oxygens (including phenoxy) is 3. The number of amides is 2. The maximum Gasteiger partial charge on any atom is 0.339 e. The fourth-order valence-electron chi connectivity index (χ4n) is 3.44. The Morgan fingerprint density at radius 3 is 1.68 bits per heavy atom. The molecule has 8 nitrogen and oxygen atoms in total. The molecule has 1 fully saturated rings. The third-order valence-corrected chi connectivity index (χ3v) is 5.56. The van der Waals surface area contributed by atoms with E-state index in [0.717, 1.165) is 4.90 Å². The lowest BCUT2D eigenvalue weighted by molar-refractivity contribution is -0.130. The van der Waals surface area contributed by atoms with Crippen LogP contribution in [0.1, 0.15) is 20.7 Å². The van der Waals surface area contributed by atoms with Gasteiger partial charge in [0.1, 0.15) is 5.75 Å². The lowest BCUT2D eigenvalue weighted by Crippen LogP contribution is -2.37. The van der Waals surface area contributed by atoms with Crippen molar-refractivity contribution in [1.29, 1.82) is 0 Å². The van der Waals surface area contributed by atoms with Gasteiger partial charge in [0.15, 0.2) is 0 Å². The number of methoxy groups -OCH3 is 1. The van der Waals surface area contributed by atoms with E-state index in [1.54, 1.807) is 48.5 Å². The van der Waals surface area contributed by atoms with Crippen molar-refractivity contribution >= 4 is 45.4 Å². The summed E-state index contributed by atoms with van der Waals surface area (Å²) in [5.41, 5.74) is 0.467. The molecular formula is C25H18BrNO7. The normalized spacial score (nSPS) is 17.4. The quantitative estimate of drug-likeness (QED) is 0.358. The minimum Gasteiger partial charge on any atom is -0.495 e. The number of esters is 2. The molecule has 4 rings (SSSR count). The van der Waals surface area contributed by atoms with Crippen LogP contribution in [0.3, 0.4) is 0 Å². The molecule has 1 aliphatic rings. The van der Waals surface area contributed by atoms with Crippen LogP contribution in [-0.4, -0.2) is 43.1 Å². The average Bonchev–Trinajstić information content (AvgIpc) is 3.08. The first-order valence-electron chi connectivity index (χ1n) is 10.1. The Morgan fingerprint density at radius 1 is 0.765 bits per heavy atom.